The van der Waals surface area contributed by atoms with Gasteiger partial charge in [0.15, 0.2) is 0 Å². The average Bonchev–Trinajstić information content (AvgIpc) is 2.49. The molecule has 1 atom stereocenters. The highest BCUT2D eigenvalue weighted by molar-refractivity contribution is 9.28. The first kappa shape index (κ1) is 13.0. The highest BCUT2D eigenvalue weighted by Crippen LogP contribution is 2.24. The lowest BCUT2D eigenvalue weighted by molar-refractivity contribution is -0.128. The summed E-state index contributed by atoms with van der Waals surface area (Å²) in [6, 6.07) is 0.246. The zero-order valence-electron chi connectivity index (χ0n) is 8.59. The third kappa shape index (κ3) is 4.11. The Balaban J connectivity index is 2.52. The number of unbranched alkanes of at least 4 members (excludes halogenated alkanes) is 1. The first-order valence-corrected chi connectivity index (χ1v) is 6.67. The van der Waals surface area contributed by atoms with Crippen LogP contribution in [0.2, 0.25) is 0 Å². The summed E-state index contributed by atoms with van der Waals surface area (Å²) in [5.41, 5.74) is 0. The van der Waals surface area contributed by atoms with Crippen molar-refractivity contribution in [2.75, 3.05) is 6.54 Å². The van der Waals surface area contributed by atoms with Gasteiger partial charge >= 0.3 is 0 Å². The minimum atomic E-state index is 0.246. The summed E-state index contributed by atoms with van der Waals surface area (Å²) in [5, 5.41) is 0. The highest BCUT2D eigenvalue weighted by atomic mass is 79.9. The number of hydrogen-bond acceptors (Lipinski definition) is 1. The maximum atomic E-state index is 11.6. The first-order chi connectivity index (χ1) is 7.15. The van der Waals surface area contributed by atoms with E-state index >= 15 is 0 Å². The van der Waals surface area contributed by atoms with E-state index in [4.69, 9.17) is 0 Å². The van der Waals surface area contributed by atoms with Gasteiger partial charge in [-0.15, -0.1) is 6.58 Å². The highest BCUT2D eigenvalue weighted by Gasteiger charge is 2.28. The molecule has 0 N–H and O–H groups in total. The van der Waals surface area contributed by atoms with Gasteiger partial charge in [-0.1, -0.05) is 6.08 Å². The van der Waals surface area contributed by atoms with Crippen molar-refractivity contribution in [3.05, 3.63) is 22.1 Å². The summed E-state index contributed by atoms with van der Waals surface area (Å²) in [6.07, 6.45) is 7.50. The van der Waals surface area contributed by atoms with Crippen LogP contribution in [0.5, 0.6) is 0 Å². The van der Waals surface area contributed by atoms with Crippen LogP contribution in [-0.2, 0) is 4.79 Å². The summed E-state index contributed by atoms with van der Waals surface area (Å²) >= 11 is 6.67. The zero-order valence-corrected chi connectivity index (χ0v) is 11.8. The number of hydrogen-bond donors (Lipinski definition) is 0. The molecule has 1 fully saturated rings. The molecule has 0 radical (unpaired) electrons. The number of amides is 1. The van der Waals surface area contributed by atoms with Gasteiger partial charge in [0, 0.05) is 13.0 Å². The number of carbonyl (C=O) groups excluding carboxylic acids is 1. The van der Waals surface area contributed by atoms with Gasteiger partial charge in [0.1, 0.15) is 0 Å². The van der Waals surface area contributed by atoms with Crippen LogP contribution in [0.15, 0.2) is 22.1 Å². The maximum absolute atomic E-state index is 11.6. The molecule has 0 aromatic carbocycles. The SMILES string of the molecule is C=CCCCN1C(=O)CC[C@H]1C=C(Br)Br. The molecule has 1 aliphatic heterocycles. The van der Waals surface area contributed by atoms with Crippen LogP contribution in [0, 0.1) is 0 Å². The second-order valence-corrected chi connectivity index (χ2v) is 6.35. The second kappa shape index (κ2) is 6.48. The minimum absolute atomic E-state index is 0.246. The summed E-state index contributed by atoms with van der Waals surface area (Å²) in [4.78, 5) is 13.6. The second-order valence-electron chi connectivity index (χ2n) is 3.58. The quantitative estimate of drug-likeness (QED) is 0.555. The molecule has 0 spiro atoms. The molecule has 0 aromatic heterocycles. The molecular weight excluding hydrogens is 322 g/mol. The van der Waals surface area contributed by atoms with Crippen LogP contribution in [-0.4, -0.2) is 23.4 Å². The van der Waals surface area contributed by atoms with Crippen molar-refractivity contribution in [3.63, 3.8) is 0 Å². The average molecular weight is 337 g/mol. The summed E-state index contributed by atoms with van der Waals surface area (Å²) in [7, 11) is 0. The molecule has 1 saturated heterocycles. The van der Waals surface area contributed by atoms with Crippen LogP contribution >= 0.6 is 31.9 Å². The number of halogens is 2. The Morgan fingerprint density at radius 3 is 2.93 bits per heavy atom. The van der Waals surface area contributed by atoms with Crippen molar-refractivity contribution >= 4 is 37.8 Å². The Hall–Kier alpha value is -0.0900. The third-order valence-electron chi connectivity index (χ3n) is 2.50. The largest absolute Gasteiger partial charge is 0.336 e. The van der Waals surface area contributed by atoms with Crippen molar-refractivity contribution in [1.82, 2.24) is 4.90 Å². The molecule has 84 valence electrons. The molecule has 1 rings (SSSR count). The molecule has 0 bridgehead atoms. The van der Waals surface area contributed by atoms with E-state index in [0.29, 0.717) is 6.42 Å². The summed E-state index contributed by atoms with van der Waals surface area (Å²) in [6.45, 7) is 4.51. The predicted molar refractivity (Wildman–Crippen MR) is 70.1 cm³/mol. The number of allylic oxidation sites excluding steroid dienone is 1. The molecular formula is C11H15Br2NO. The van der Waals surface area contributed by atoms with Crippen LogP contribution in [0.25, 0.3) is 0 Å². The van der Waals surface area contributed by atoms with E-state index in [1.165, 1.54) is 0 Å². The molecule has 0 aromatic rings. The van der Waals surface area contributed by atoms with Gasteiger partial charge in [0.2, 0.25) is 5.91 Å². The molecule has 1 amide bonds. The summed E-state index contributed by atoms with van der Waals surface area (Å²) < 4.78 is 0.920. The first-order valence-electron chi connectivity index (χ1n) is 5.08. The third-order valence-corrected chi connectivity index (χ3v) is 3.03. The number of likely N-dealkylation sites (tertiary alicyclic amines) is 1. The lowest BCUT2D eigenvalue weighted by Gasteiger charge is -2.22. The smallest absolute Gasteiger partial charge is 0.223 e. The van der Waals surface area contributed by atoms with Crippen molar-refractivity contribution in [3.8, 4) is 0 Å². The Morgan fingerprint density at radius 2 is 2.33 bits per heavy atom. The molecule has 1 heterocycles. The van der Waals surface area contributed by atoms with Gasteiger partial charge in [-0.05, 0) is 57.2 Å². The number of nitrogens with zero attached hydrogens (tertiary/aromatic N) is 1. The summed E-state index contributed by atoms with van der Waals surface area (Å²) in [5.74, 6) is 0.265. The van der Waals surface area contributed by atoms with E-state index < -0.39 is 0 Å². The van der Waals surface area contributed by atoms with Crippen molar-refractivity contribution in [2.24, 2.45) is 0 Å². The standard InChI is InChI=1S/C11H15Br2NO/c1-2-3-4-7-14-9(8-10(12)13)5-6-11(14)15/h2,8-9H,1,3-7H2/t9-/m0/s1. The molecule has 1 aliphatic rings. The Labute approximate surface area is 108 Å². The lowest BCUT2D eigenvalue weighted by Crippen LogP contribution is -2.32. The van der Waals surface area contributed by atoms with E-state index in [0.717, 1.165) is 29.2 Å². The molecule has 0 unspecified atom stereocenters. The predicted octanol–water partition coefficient (Wildman–Crippen LogP) is 3.57. The molecule has 0 aliphatic carbocycles. The van der Waals surface area contributed by atoms with E-state index in [1.807, 2.05) is 17.1 Å². The Morgan fingerprint density at radius 1 is 1.60 bits per heavy atom. The van der Waals surface area contributed by atoms with Crippen molar-refractivity contribution in [2.45, 2.75) is 31.7 Å². The Bertz CT molecular complexity index is 272. The van der Waals surface area contributed by atoms with Crippen LogP contribution in [0.3, 0.4) is 0 Å². The normalized spacial score (nSPS) is 20.5. The van der Waals surface area contributed by atoms with Gasteiger partial charge in [-0.25, -0.2) is 0 Å². The fourth-order valence-electron chi connectivity index (χ4n) is 1.77. The monoisotopic (exact) mass is 335 g/mol. The Kier molecular flexibility index (Phi) is 5.61. The van der Waals surface area contributed by atoms with Crippen LogP contribution < -0.4 is 0 Å². The molecule has 0 saturated carbocycles. The topological polar surface area (TPSA) is 20.3 Å². The van der Waals surface area contributed by atoms with Crippen LogP contribution in [0.1, 0.15) is 25.7 Å². The van der Waals surface area contributed by atoms with Crippen molar-refractivity contribution in [1.29, 1.82) is 0 Å². The number of rotatable bonds is 5. The van der Waals surface area contributed by atoms with E-state index in [-0.39, 0.29) is 11.9 Å². The van der Waals surface area contributed by atoms with Crippen molar-refractivity contribution < 1.29 is 4.79 Å². The molecule has 15 heavy (non-hydrogen) atoms. The maximum Gasteiger partial charge on any atom is 0.223 e. The lowest BCUT2D eigenvalue weighted by atomic mass is 10.2. The fourth-order valence-corrected chi connectivity index (χ4v) is 2.38. The van der Waals surface area contributed by atoms with Gasteiger partial charge in [0.05, 0.1) is 9.43 Å². The molecule has 2 nitrogen and oxygen atoms in total. The van der Waals surface area contributed by atoms with E-state index in [9.17, 15) is 4.79 Å². The van der Waals surface area contributed by atoms with E-state index in [2.05, 4.69) is 38.4 Å². The zero-order chi connectivity index (χ0) is 11.3. The van der Waals surface area contributed by atoms with Crippen LogP contribution in [0.4, 0.5) is 0 Å². The van der Waals surface area contributed by atoms with E-state index in [1.54, 1.807) is 0 Å². The molecule has 4 heteroatoms. The van der Waals surface area contributed by atoms with Gasteiger partial charge in [0.25, 0.3) is 0 Å². The minimum Gasteiger partial charge on any atom is -0.336 e. The van der Waals surface area contributed by atoms with Gasteiger partial charge < -0.3 is 4.90 Å². The fraction of sp³-hybridized carbons (Fsp3) is 0.545. The van der Waals surface area contributed by atoms with Gasteiger partial charge in [-0.3, -0.25) is 4.79 Å². The van der Waals surface area contributed by atoms with Gasteiger partial charge in [-0.2, -0.15) is 0 Å². The number of carbonyl (C=O) groups is 1.